The maximum atomic E-state index is 7.28. The molecule has 4 N–H and O–H groups in total. The minimum absolute atomic E-state index is 0.0713. The van der Waals surface area contributed by atoms with E-state index in [1.165, 1.54) is 5.56 Å². The summed E-state index contributed by atoms with van der Waals surface area (Å²) in [6, 6.07) is 16.9. The Morgan fingerprint density at radius 3 is 2.59 bits per heavy atom. The van der Waals surface area contributed by atoms with Crippen LogP contribution in [-0.2, 0) is 0 Å². The molecule has 0 aliphatic carbocycles. The van der Waals surface area contributed by atoms with Crippen LogP contribution in [0, 0.1) is 18.4 Å². The van der Waals surface area contributed by atoms with Crippen molar-refractivity contribution in [1.29, 1.82) is 5.41 Å². The summed E-state index contributed by atoms with van der Waals surface area (Å²) in [6.07, 6.45) is 0. The molecular weight excluding hydrogens is 210 g/mol. The van der Waals surface area contributed by atoms with E-state index in [1.807, 2.05) is 49.4 Å². The number of aryl methyl sites for hydroxylation is 1. The Balaban J connectivity index is 2.44. The van der Waals surface area contributed by atoms with Crippen LogP contribution in [0.15, 0.2) is 42.5 Å². The zero-order valence-electron chi connectivity index (χ0n) is 9.62. The van der Waals surface area contributed by atoms with E-state index in [2.05, 4.69) is 11.4 Å². The van der Waals surface area contributed by atoms with Crippen LogP contribution in [-0.4, -0.2) is 5.96 Å². The predicted octanol–water partition coefficient (Wildman–Crippen LogP) is 2.77. The lowest BCUT2D eigenvalue weighted by molar-refractivity contribution is 1.41. The second-order valence-corrected chi connectivity index (χ2v) is 3.86. The molecule has 0 bridgehead atoms. The Morgan fingerprint density at radius 2 is 1.94 bits per heavy atom. The molecule has 0 amide bonds. The van der Waals surface area contributed by atoms with Gasteiger partial charge in [-0.2, -0.15) is 0 Å². The van der Waals surface area contributed by atoms with Crippen LogP contribution >= 0.6 is 0 Å². The van der Waals surface area contributed by atoms with Gasteiger partial charge in [0.05, 0.1) is 0 Å². The molecule has 0 saturated carbocycles. The first-order valence-corrected chi connectivity index (χ1v) is 5.35. The summed E-state index contributed by atoms with van der Waals surface area (Å²) in [6.45, 7) is 2.05. The van der Waals surface area contributed by atoms with Gasteiger partial charge in [0.25, 0.3) is 0 Å². The lowest BCUT2D eigenvalue weighted by atomic mass is 10.0. The summed E-state index contributed by atoms with van der Waals surface area (Å²) < 4.78 is 0. The number of rotatable bonds is 2. The third-order valence-corrected chi connectivity index (χ3v) is 2.47. The molecule has 17 heavy (non-hydrogen) atoms. The molecule has 0 atom stereocenters. The van der Waals surface area contributed by atoms with E-state index in [9.17, 15) is 0 Å². The SMILES string of the molecule is Cc1ccc(-c2[c]cccc2NC(=N)N)cc1. The van der Waals surface area contributed by atoms with Crippen molar-refractivity contribution in [3.8, 4) is 11.1 Å². The first-order chi connectivity index (χ1) is 8.16. The molecule has 0 spiro atoms. The number of anilines is 1. The van der Waals surface area contributed by atoms with Crippen LogP contribution in [0.2, 0.25) is 0 Å². The Labute approximate surface area is 101 Å². The standard InChI is InChI=1S/C14H14N3/c1-10-6-8-11(9-7-10)12-4-2-3-5-13(12)17-14(15)16/h2-3,5-9H,1H3,(H4,15,16,17). The summed E-state index contributed by atoms with van der Waals surface area (Å²) in [7, 11) is 0. The molecule has 2 aromatic rings. The Bertz CT molecular complexity index is 529. The third kappa shape index (κ3) is 2.64. The van der Waals surface area contributed by atoms with Crippen molar-refractivity contribution in [2.75, 3.05) is 5.32 Å². The van der Waals surface area contributed by atoms with Gasteiger partial charge in [-0.25, -0.2) is 0 Å². The number of benzene rings is 2. The van der Waals surface area contributed by atoms with Crippen LogP contribution in [0.3, 0.4) is 0 Å². The van der Waals surface area contributed by atoms with Gasteiger partial charge in [0.15, 0.2) is 5.96 Å². The van der Waals surface area contributed by atoms with Crippen molar-refractivity contribution < 1.29 is 0 Å². The van der Waals surface area contributed by atoms with Crippen molar-refractivity contribution >= 4 is 11.6 Å². The third-order valence-electron chi connectivity index (χ3n) is 2.47. The summed E-state index contributed by atoms with van der Waals surface area (Å²) in [4.78, 5) is 0. The lowest BCUT2D eigenvalue weighted by Gasteiger charge is -2.10. The molecule has 2 aromatic carbocycles. The zero-order chi connectivity index (χ0) is 12.3. The summed E-state index contributed by atoms with van der Waals surface area (Å²) >= 11 is 0. The fraction of sp³-hybridized carbons (Fsp3) is 0.0714. The highest BCUT2D eigenvalue weighted by Crippen LogP contribution is 2.27. The molecule has 0 aliphatic rings. The van der Waals surface area contributed by atoms with Crippen LogP contribution in [0.5, 0.6) is 0 Å². The monoisotopic (exact) mass is 224 g/mol. The number of nitrogens with two attached hydrogens (primary N) is 1. The maximum absolute atomic E-state index is 7.28. The second-order valence-electron chi connectivity index (χ2n) is 3.86. The van der Waals surface area contributed by atoms with Gasteiger partial charge in [0.2, 0.25) is 0 Å². The molecule has 3 nitrogen and oxygen atoms in total. The Hall–Kier alpha value is -2.29. The van der Waals surface area contributed by atoms with Crippen molar-refractivity contribution in [2.24, 2.45) is 5.73 Å². The van der Waals surface area contributed by atoms with Crippen LogP contribution < -0.4 is 11.1 Å². The fourth-order valence-corrected chi connectivity index (χ4v) is 1.65. The van der Waals surface area contributed by atoms with Crippen molar-refractivity contribution in [1.82, 2.24) is 0 Å². The largest absolute Gasteiger partial charge is 0.370 e. The summed E-state index contributed by atoms with van der Waals surface area (Å²) in [5.74, 6) is -0.0713. The van der Waals surface area contributed by atoms with Gasteiger partial charge in [0, 0.05) is 11.3 Å². The minimum Gasteiger partial charge on any atom is -0.370 e. The van der Waals surface area contributed by atoms with E-state index in [4.69, 9.17) is 11.1 Å². The fourth-order valence-electron chi connectivity index (χ4n) is 1.65. The molecule has 0 heterocycles. The van der Waals surface area contributed by atoms with E-state index >= 15 is 0 Å². The van der Waals surface area contributed by atoms with Crippen molar-refractivity contribution in [2.45, 2.75) is 6.92 Å². The highest BCUT2D eigenvalue weighted by molar-refractivity contribution is 5.94. The molecule has 0 fully saturated rings. The van der Waals surface area contributed by atoms with Gasteiger partial charge >= 0.3 is 0 Å². The second kappa shape index (κ2) is 4.70. The zero-order valence-corrected chi connectivity index (χ0v) is 9.62. The van der Waals surface area contributed by atoms with E-state index in [1.54, 1.807) is 0 Å². The highest BCUT2D eigenvalue weighted by atomic mass is 15.0. The number of hydrogen-bond donors (Lipinski definition) is 3. The molecule has 3 heteroatoms. The Morgan fingerprint density at radius 1 is 1.24 bits per heavy atom. The average Bonchev–Trinajstić information content (AvgIpc) is 2.30. The molecule has 2 rings (SSSR count). The Kier molecular flexibility index (Phi) is 3.10. The number of guanidine groups is 1. The smallest absolute Gasteiger partial charge is 0.190 e. The lowest BCUT2D eigenvalue weighted by Crippen LogP contribution is -2.20. The molecular formula is C14H14N3. The molecule has 0 aromatic heterocycles. The summed E-state index contributed by atoms with van der Waals surface area (Å²) in [5.41, 5.74) is 9.34. The van der Waals surface area contributed by atoms with Gasteiger partial charge in [0.1, 0.15) is 0 Å². The first kappa shape index (κ1) is 11.2. The van der Waals surface area contributed by atoms with E-state index < -0.39 is 0 Å². The molecule has 1 radical (unpaired) electrons. The van der Waals surface area contributed by atoms with Crippen molar-refractivity contribution in [3.05, 3.63) is 54.1 Å². The average molecular weight is 224 g/mol. The summed E-state index contributed by atoms with van der Waals surface area (Å²) in [5, 5.41) is 10.1. The quantitative estimate of drug-likeness (QED) is 0.542. The van der Waals surface area contributed by atoms with Gasteiger partial charge in [-0.05, 0) is 24.6 Å². The van der Waals surface area contributed by atoms with Gasteiger partial charge < -0.3 is 11.1 Å². The van der Waals surface area contributed by atoms with E-state index in [0.717, 1.165) is 16.8 Å². The van der Waals surface area contributed by atoms with Gasteiger partial charge in [-0.1, -0.05) is 42.0 Å². The van der Waals surface area contributed by atoms with Crippen LogP contribution in [0.1, 0.15) is 5.56 Å². The normalized spacial score (nSPS) is 9.94. The predicted molar refractivity (Wildman–Crippen MR) is 71.0 cm³/mol. The molecule has 85 valence electrons. The first-order valence-electron chi connectivity index (χ1n) is 5.35. The topological polar surface area (TPSA) is 61.9 Å². The highest BCUT2D eigenvalue weighted by Gasteiger charge is 2.04. The van der Waals surface area contributed by atoms with Gasteiger partial charge in [-0.15, -0.1) is 0 Å². The molecule has 0 aliphatic heterocycles. The maximum Gasteiger partial charge on any atom is 0.190 e. The number of nitrogens with one attached hydrogen (secondary N) is 2. The molecule has 0 saturated heterocycles. The minimum atomic E-state index is -0.0713. The number of hydrogen-bond acceptors (Lipinski definition) is 1. The van der Waals surface area contributed by atoms with Crippen LogP contribution in [0.4, 0.5) is 5.69 Å². The van der Waals surface area contributed by atoms with E-state index in [-0.39, 0.29) is 5.96 Å². The van der Waals surface area contributed by atoms with Crippen molar-refractivity contribution in [3.63, 3.8) is 0 Å². The van der Waals surface area contributed by atoms with Crippen LogP contribution in [0.25, 0.3) is 11.1 Å². The van der Waals surface area contributed by atoms with Gasteiger partial charge in [-0.3, -0.25) is 5.41 Å². The molecule has 0 unspecified atom stereocenters. The van der Waals surface area contributed by atoms with E-state index in [0.29, 0.717) is 0 Å².